The van der Waals surface area contributed by atoms with Crippen molar-refractivity contribution in [3.05, 3.63) is 48.6 Å². The second kappa shape index (κ2) is 54.8. The Morgan fingerprint density at radius 3 is 1.22 bits per heavy atom. The summed E-state index contributed by atoms with van der Waals surface area (Å²) in [5, 5.41) is 23.9. The van der Waals surface area contributed by atoms with Crippen molar-refractivity contribution in [1.29, 1.82) is 0 Å². The molecule has 3 unspecified atom stereocenters. The van der Waals surface area contributed by atoms with Crippen LogP contribution in [0.3, 0.4) is 0 Å². The fourth-order valence-corrected chi connectivity index (χ4v) is 8.91. The van der Waals surface area contributed by atoms with E-state index >= 15 is 0 Å². The Bertz CT molecular complexity index is 1150. The van der Waals surface area contributed by atoms with E-state index in [1.54, 1.807) is 0 Å². The van der Waals surface area contributed by atoms with Crippen molar-refractivity contribution in [2.24, 2.45) is 0 Å². The number of allylic oxidation sites excluding steroid dienone is 8. The quantitative estimate of drug-likeness (QED) is 0.0321. The van der Waals surface area contributed by atoms with E-state index in [0.29, 0.717) is 19.3 Å². The smallest absolute Gasteiger partial charge is 0.306 e. The van der Waals surface area contributed by atoms with E-state index in [-0.39, 0.29) is 24.9 Å². The minimum Gasteiger partial charge on any atom is -0.462 e. The van der Waals surface area contributed by atoms with Gasteiger partial charge in [-0.3, -0.25) is 9.59 Å². The lowest BCUT2D eigenvalue weighted by molar-refractivity contribution is -0.151. The summed E-state index contributed by atoms with van der Waals surface area (Å²) >= 11 is 0. The number of carbonyl (C=O) groups is 2. The highest BCUT2D eigenvalue weighted by Gasteiger charge is 2.24. The molecule has 0 saturated heterocycles. The maximum absolute atomic E-state index is 13.3. The average Bonchev–Trinajstić information content (AvgIpc) is 3.32. The Hall–Kier alpha value is -2.18. The predicted molar refractivity (Wildman–Crippen MR) is 292 cm³/mol. The molecule has 0 bridgehead atoms. The first-order valence-corrected chi connectivity index (χ1v) is 29.4. The molecular formula is C61H113NO5. The van der Waals surface area contributed by atoms with Gasteiger partial charge in [-0.1, -0.05) is 256 Å². The minimum atomic E-state index is -0.797. The molecule has 0 saturated carbocycles. The van der Waals surface area contributed by atoms with Gasteiger partial charge in [0, 0.05) is 6.42 Å². The van der Waals surface area contributed by atoms with Crippen LogP contribution in [0.4, 0.5) is 0 Å². The van der Waals surface area contributed by atoms with Crippen molar-refractivity contribution < 1.29 is 24.5 Å². The number of rotatable bonds is 53. The van der Waals surface area contributed by atoms with Crippen molar-refractivity contribution in [2.45, 2.75) is 322 Å². The number of ether oxygens (including phenoxy) is 1. The zero-order valence-electron chi connectivity index (χ0n) is 44.8. The minimum absolute atomic E-state index is 0.0527. The molecule has 6 nitrogen and oxygen atoms in total. The van der Waals surface area contributed by atoms with E-state index in [4.69, 9.17) is 4.74 Å². The molecule has 3 atom stereocenters. The van der Waals surface area contributed by atoms with E-state index in [2.05, 4.69) is 74.7 Å². The molecule has 67 heavy (non-hydrogen) atoms. The standard InChI is InChI=1S/C61H113NO5/c1-4-7-10-13-16-19-22-25-27-29-30-32-34-36-39-42-45-48-51-54-61(66)67-57(52-49-46-43-40-37-24-21-18-15-12-9-6-3)55-60(65)62-58(56-63)59(64)53-50-47-44-41-38-35-33-31-28-26-23-20-17-14-11-8-5-2/h16,19,25,27,30,32,40,43,57-59,63-64H,4-15,17-18,20-24,26,28-29,31,33-39,41-42,44-56H2,1-3H3,(H,62,65)/b19-16-,27-25-,32-30-,43-40-. The van der Waals surface area contributed by atoms with Gasteiger partial charge in [0.25, 0.3) is 0 Å². The highest BCUT2D eigenvalue weighted by molar-refractivity contribution is 5.77. The maximum Gasteiger partial charge on any atom is 0.306 e. The topological polar surface area (TPSA) is 95.9 Å². The molecule has 0 aliphatic carbocycles. The van der Waals surface area contributed by atoms with E-state index in [1.165, 1.54) is 180 Å². The Kier molecular flexibility index (Phi) is 53.0. The summed E-state index contributed by atoms with van der Waals surface area (Å²) in [4.78, 5) is 26.2. The molecule has 0 heterocycles. The Balaban J connectivity index is 4.51. The Morgan fingerprint density at radius 2 is 0.776 bits per heavy atom. The van der Waals surface area contributed by atoms with Crippen LogP contribution < -0.4 is 5.32 Å². The monoisotopic (exact) mass is 940 g/mol. The van der Waals surface area contributed by atoms with Gasteiger partial charge in [-0.05, 0) is 83.5 Å². The molecule has 3 N–H and O–H groups in total. The summed E-state index contributed by atoms with van der Waals surface area (Å²) in [6.07, 6.45) is 67.5. The van der Waals surface area contributed by atoms with Gasteiger partial charge in [0.05, 0.1) is 25.2 Å². The molecule has 6 heteroatoms. The number of nitrogens with one attached hydrogen (secondary N) is 1. The van der Waals surface area contributed by atoms with Gasteiger partial charge in [0.2, 0.25) is 5.91 Å². The van der Waals surface area contributed by atoms with Crippen LogP contribution in [0.15, 0.2) is 48.6 Å². The number of amides is 1. The van der Waals surface area contributed by atoms with Gasteiger partial charge in [0.1, 0.15) is 6.10 Å². The number of hydrogen-bond donors (Lipinski definition) is 3. The number of aliphatic hydroxyl groups is 2. The second-order valence-electron chi connectivity index (χ2n) is 20.0. The maximum atomic E-state index is 13.3. The zero-order valence-corrected chi connectivity index (χ0v) is 44.8. The molecule has 0 spiro atoms. The Morgan fingerprint density at radius 1 is 0.433 bits per heavy atom. The van der Waals surface area contributed by atoms with Crippen LogP contribution in [-0.2, 0) is 14.3 Å². The number of esters is 1. The lowest BCUT2D eigenvalue weighted by Crippen LogP contribution is -2.46. The first kappa shape index (κ1) is 64.8. The fourth-order valence-electron chi connectivity index (χ4n) is 8.91. The van der Waals surface area contributed by atoms with E-state index in [1.807, 2.05) is 0 Å². The molecule has 1 amide bonds. The third kappa shape index (κ3) is 50.0. The van der Waals surface area contributed by atoms with Crippen LogP contribution in [0.2, 0.25) is 0 Å². The Labute approximate surface area is 416 Å². The van der Waals surface area contributed by atoms with Crippen LogP contribution in [0.25, 0.3) is 0 Å². The van der Waals surface area contributed by atoms with E-state index in [9.17, 15) is 19.8 Å². The predicted octanol–water partition coefficient (Wildman–Crippen LogP) is 18.2. The summed E-state index contributed by atoms with van der Waals surface area (Å²) in [7, 11) is 0. The number of unbranched alkanes of at least 4 members (excludes halogenated alkanes) is 33. The van der Waals surface area contributed by atoms with Crippen molar-refractivity contribution >= 4 is 11.9 Å². The molecule has 0 aromatic rings. The van der Waals surface area contributed by atoms with Crippen LogP contribution in [0.5, 0.6) is 0 Å². The molecule has 0 fully saturated rings. The number of hydrogen-bond acceptors (Lipinski definition) is 5. The largest absolute Gasteiger partial charge is 0.462 e. The lowest BCUT2D eigenvalue weighted by Gasteiger charge is -2.24. The number of aliphatic hydroxyl groups excluding tert-OH is 2. The second-order valence-corrected chi connectivity index (χ2v) is 20.0. The van der Waals surface area contributed by atoms with Crippen molar-refractivity contribution in [1.82, 2.24) is 5.32 Å². The van der Waals surface area contributed by atoms with Gasteiger partial charge >= 0.3 is 5.97 Å². The lowest BCUT2D eigenvalue weighted by atomic mass is 10.0. The molecular weight excluding hydrogens is 827 g/mol. The van der Waals surface area contributed by atoms with Crippen LogP contribution >= 0.6 is 0 Å². The molecule has 0 aromatic carbocycles. The fraction of sp³-hybridized carbons (Fsp3) is 0.836. The SMILES string of the molecule is CCCCC/C=C\C/C=C\C/C=C\CCCCCCCCC(=O)OC(CCC/C=C\CCCCCCCCC)CC(=O)NC(CO)C(O)CCCCCCCCCCCCCCCCCCC. The molecule has 0 aliphatic rings. The summed E-state index contributed by atoms with van der Waals surface area (Å²) in [5.41, 5.74) is 0. The third-order valence-electron chi connectivity index (χ3n) is 13.4. The molecule has 0 rings (SSSR count). The normalized spacial score (nSPS) is 13.4. The van der Waals surface area contributed by atoms with Crippen molar-refractivity contribution in [3.63, 3.8) is 0 Å². The van der Waals surface area contributed by atoms with Crippen molar-refractivity contribution in [2.75, 3.05) is 6.61 Å². The van der Waals surface area contributed by atoms with Gasteiger partial charge in [-0.15, -0.1) is 0 Å². The first-order chi connectivity index (χ1) is 33.0. The van der Waals surface area contributed by atoms with Gasteiger partial charge in [0.15, 0.2) is 0 Å². The van der Waals surface area contributed by atoms with Crippen LogP contribution in [0, 0.1) is 0 Å². The average molecular weight is 941 g/mol. The van der Waals surface area contributed by atoms with E-state index in [0.717, 1.165) is 77.0 Å². The summed E-state index contributed by atoms with van der Waals surface area (Å²) < 4.78 is 5.94. The van der Waals surface area contributed by atoms with Gasteiger partial charge < -0.3 is 20.3 Å². The summed E-state index contributed by atoms with van der Waals surface area (Å²) in [6, 6.07) is -0.713. The zero-order chi connectivity index (χ0) is 48.8. The highest BCUT2D eigenvalue weighted by Crippen LogP contribution is 2.18. The first-order valence-electron chi connectivity index (χ1n) is 29.4. The highest BCUT2D eigenvalue weighted by atomic mass is 16.5. The van der Waals surface area contributed by atoms with Crippen LogP contribution in [-0.4, -0.2) is 46.9 Å². The molecule has 0 aliphatic heterocycles. The molecule has 0 radical (unpaired) electrons. The van der Waals surface area contributed by atoms with Crippen LogP contribution in [0.1, 0.15) is 303 Å². The summed E-state index contributed by atoms with van der Waals surface area (Å²) in [5.74, 6) is -0.507. The number of carbonyl (C=O) groups excluding carboxylic acids is 2. The van der Waals surface area contributed by atoms with Gasteiger partial charge in [-0.2, -0.15) is 0 Å². The third-order valence-corrected chi connectivity index (χ3v) is 13.4. The summed E-state index contributed by atoms with van der Waals surface area (Å²) in [6.45, 7) is 6.47. The van der Waals surface area contributed by atoms with Gasteiger partial charge in [-0.25, -0.2) is 0 Å². The molecule has 0 aromatic heterocycles. The van der Waals surface area contributed by atoms with Crippen molar-refractivity contribution in [3.8, 4) is 0 Å². The van der Waals surface area contributed by atoms with E-state index < -0.39 is 18.2 Å². The molecule has 392 valence electrons.